The van der Waals surface area contributed by atoms with E-state index in [4.69, 9.17) is 4.42 Å². The molecule has 0 aliphatic carbocycles. The van der Waals surface area contributed by atoms with Crippen molar-refractivity contribution >= 4 is 5.91 Å². The number of nitrogens with one attached hydrogen (secondary N) is 1. The molecule has 0 aromatic carbocycles. The van der Waals surface area contributed by atoms with E-state index in [2.05, 4.69) is 19.2 Å². The third-order valence-electron chi connectivity index (χ3n) is 3.45. The summed E-state index contributed by atoms with van der Waals surface area (Å²) in [5.41, 5.74) is 0.663. The van der Waals surface area contributed by atoms with E-state index in [0.29, 0.717) is 17.5 Å². The first-order chi connectivity index (χ1) is 9.06. The quantitative estimate of drug-likeness (QED) is 0.888. The number of amides is 1. The third-order valence-corrected chi connectivity index (χ3v) is 3.45. The summed E-state index contributed by atoms with van der Waals surface area (Å²) in [6.45, 7) is 8.80. The first kappa shape index (κ1) is 14.1. The highest BCUT2D eigenvalue weighted by molar-refractivity contribution is 5.94. The molecule has 2 rings (SSSR count). The number of furan rings is 1. The minimum absolute atomic E-state index is 0.0826. The smallest absolute Gasteiger partial charge is 0.257 e. The van der Waals surface area contributed by atoms with Crippen molar-refractivity contribution in [1.82, 2.24) is 10.2 Å². The summed E-state index contributed by atoms with van der Waals surface area (Å²) in [4.78, 5) is 14.5. The molecule has 0 radical (unpaired) electrons. The minimum Gasteiger partial charge on any atom is -0.469 e. The van der Waals surface area contributed by atoms with E-state index in [-0.39, 0.29) is 5.91 Å². The molecule has 1 fully saturated rings. The van der Waals surface area contributed by atoms with Crippen LogP contribution in [0.3, 0.4) is 0 Å². The van der Waals surface area contributed by atoms with Crippen LogP contribution in [0.5, 0.6) is 0 Å². The minimum atomic E-state index is 0.0826. The van der Waals surface area contributed by atoms with Gasteiger partial charge in [0, 0.05) is 19.1 Å². The Labute approximate surface area is 115 Å². The Bertz CT molecular complexity index is 420. The van der Waals surface area contributed by atoms with E-state index in [1.54, 1.807) is 6.26 Å². The van der Waals surface area contributed by atoms with Crippen molar-refractivity contribution in [2.45, 2.75) is 39.7 Å². The highest BCUT2D eigenvalue weighted by Crippen LogP contribution is 2.14. The third kappa shape index (κ3) is 3.83. The number of hydrogen-bond acceptors (Lipinski definition) is 3. The van der Waals surface area contributed by atoms with Crippen LogP contribution < -0.4 is 5.32 Å². The lowest BCUT2D eigenvalue weighted by Crippen LogP contribution is -2.42. The van der Waals surface area contributed by atoms with Crippen molar-refractivity contribution < 1.29 is 9.21 Å². The molecule has 1 atom stereocenters. The molecule has 4 heteroatoms. The molecular formula is C15H24N2O2. The summed E-state index contributed by atoms with van der Waals surface area (Å²) in [6.07, 6.45) is 3.93. The topological polar surface area (TPSA) is 45.5 Å². The second kappa shape index (κ2) is 6.24. The molecule has 1 aromatic rings. The maximum absolute atomic E-state index is 12.5. The van der Waals surface area contributed by atoms with Crippen molar-refractivity contribution in [3.8, 4) is 0 Å². The highest BCUT2D eigenvalue weighted by Gasteiger charge is 2.23. The second-order valence-corrected chi connectivity index (χ2v) is 5.84. The van der Waals surface area contributed by atoms with Crippen molar-refractivity contribution in [1.29, 1.82) is 0 Å². The van der Waals surface area contributed by atoms with Crippen molar-refractivity contribution in [2.75, 3.05) is 19.6 Å². The standard InChI is InChI=1S/C15H24N2O2/c1-11(2)8-17(9-14-5-4-6-16-14)15(18)13-7-12(3)19-10-13/h7,10-11,14,16H,4-6,8-9H2,1-3H3. The predicted molar refractivity (Wildman–Crippen MR) is 75.2 cm³/mol. The zero-order chi connectivity index (χ0) is 13.8. The van der Waals surface area contributed by atoms with Crippen molar-refractivity contribution in [3.63, 3.8) is 0 Å². The Morgan fingerprint density at radius 1 is 1.58 bits per heavy atom. The van der Waals surface area contributed by atoms with Crippen LogP contribution in [-0.2, 0) is 0 Å². The number of hydrogen-bond donors (Lipinski definition) is 1. The molecule has 1 aliphatic rings. The summed E-state index contributed by atoms with van der Waals surface area (Å²) in [5.74, 6) is 1.34. The first-order valence-electron chi connectivity index (χ1n) is 7.14. The fourth-order valence-electron chi connectivity index (χ4n) is 2.60. The monoisotopic (exact) mass is 264 g/mol. The van der Waals surface area contributed by atoms with E-state index < -0.39 is 0 Å². The largest absolute Gasteiger partial charge is 0.469 e. The Morgan fingerprint density at radius 2 is 2.37 bits per heavy atom. The molecule has 0 bridgehead atoms. The Hall–Kier alpha value is -1.29. The SMILES string of the molecule is Cc1cc(C(=O)N(CC(C)C)CC2CCCN2)co1. The Balaban J connectivity index is 2.05. The highest BCUT2D eigenvalue weighted by atomic mass is 16.3. The first-order valence-corrected chi connectivity index (χ1v) is 7.14. The van der Waals surface area contributed by atoms with Gasteiger partial charge < -0.3 is 14.6 Å². The molecular weight excluding hydrogens is 240 g/mol. The molecule has 1 aromatic heterocycles. The van der Waals surface area contributed by atoms with Gasteiger partial charge in [0.2, 0.25) is 0 Å². The van der Waals surface area contributed by atoms with Crippen LogP contribution in [0.2, 0.25) is 0 Å². The maximum Gasteiger partial charge on any atom is 0.257 e. The van der Waals surface area contributed by atoms with E-state index >= 15 is 0 Å². The average Bonchev–Trinajstić information content (AvgIpc) is 2.98. The molecule has 1 saturated heterocycles. The van der Waals surface area contributed by atoms with E-state index in [9.17, 15) is 4.79 Å². The van der Waals surface area contributed by atoms with Gasteiger partial charge in [-0.25, -0.2) is 0 Å². The molecule has 106 valence electrons. The van der Waals surface area contributed by atoms with Gasteiger partial charge in [0.1, 0.15) is 12.0 Å². The molecule has 0 spiro atoms. The molecule has 1 aliphatic heterocycles. The number of carbonyl (C=O) groups excluding carboxylic acids is 1. The summed E-state index contributed by atoms with van der Waals surface area (Å²) < 4.78 is 5.25. The fraction of sp³-hybridized carbons (Fsp3) is 0.667. The van der Waals surface area contributed by atoms with Crippen molar-refractivity contribution in [3.05, 3.63) is 23.7 Å². The number of aryl methyl sites for hydroxylation is 1. The van der Waals surface area contributed by atoms with Crippen LogP contribution in [0, 0.1) is 12.8 Å². The van der Waals surface area contributed by atoms with E-state index in [1.165, 1.54) is 6.42 Å². The van der Waals surface area contributed by atoms with Crippen LogP contribution in [0.15, 0.2) is 16.7 Å². The van der Waals surface area contributed by atoms with E-state index in [1.807, 2.05) is 17.9 Å². The van der Waals surface area contributed by atoms with Gasteiger partial charge in [-0.2, -0.15) is 0 Å². The van der Waals surface area contributed by atoms with Gasteiger partial charge in [-0.05, 0) is 38.3 Å². The van der Waals surface area contributed by atoms with Crippen LogP contribution in [0.25, 0.3) is 0 Å². The average molecular weight is 264 g/mol. The van der Waals surface area contributed by atoms with Crippen LogP contribution >= 0.6 is 0 Å². The number of nitrogens with zero attached hydrogens (tertiary/aromatic N) is 1. The number of rotatable bonds is 5. The molecule has 4 nitrogen and oxygen atoms in total. The van der Waals surface area contributed by atoms with Gasteiger partial charge in [-0.3, -0.25) is 4.79 Å². The van der Waals surface area contributed by atoms with Gasteiger partial charge in [0.15, 0.2) is 0 Å². The van der Waals surface area contributed by atoms with Crippen LogP contribution in [-0.4, -0.2) is 36.5 Å². The second-order valence-electron chi connectivity index (χ2n) is 5.84. The van der Waals surface area contributed by atoms with Gasteiger partial charge in [-0.15, -0.1) is 0 Å². The number of carbonyl (C=O) groups is 1. The Kier molecular flexibility index (Phi) is 4.64. The van der Waals surface area contributed by atoms with Crippen LogP contribution in [0.1, 0.15) is 42.8 Å². The lowest BCUT2D eigenvalue weighted by molar-refractivity contribution is 0.0720. The van der Waals surface area contributed by atoms with Gasteiger partial charge in [0.25, 0.3) is 5.91 Å². The maximum atomic E-state index is 12.5. The molecule has 2 heterocycles. The molecule has 1 unspecified atom stereocenters. The van der Waals surface area contributed by atoms with Crippen molar-refractivity contribution in [2.24, 2.45) is 5.92 Å². The molecule has 1 amide bonds. The molecule has 19 heavy (non-hydrogen) atoms. The summed E-state index contributed by atoms with van der Waals surface area (Å²) >= 11 is 0. The summed E-state index contributed by atoms with van der Waals surface area (Å²) in [5, 5.41) is 3.45. The normalized spacial score (nSPS) is 19.1. The van der Waals surface area contributed by atoms with Crippen LogP contribution in [0.4, 0.5) is 0 Å². The van der Waals surface area contributed by atoms with E-state index in [0.717, 1.165) is 31.8 Å². The lowest BCUT2D eigenvalue weighted by atomic mass is 10.1. The fourth-order valence-corrected chi connectivity index (χ4v) is 2.60. The predicted octanol–water partition coefficient (Wildman–Crippen LogP) is 2.44. The van der Waals surface area contributed by atoms with Gasteiger partial charge >= 0.3 is 0 Å². The lowest BCUT2D eigenvalue weighted by Gasteiger charge is -2.27. The zero-order valence-electron chi connectivity index (χ0n) is 12.1. The zero-order valence-corrected chi connectivity index (χ0v) is 12.1. The summed E-state index contributed by atoms with van der Waals surface area (Å²) in [7, 11) is 0. The molecule has 1 N–H and O–H groups in total. The van der Waals surface area contributed by atoms with Gasteiger partial charge in [-0.1, -0.05) is 13.8 Å². The summed E-state index contributed by atoms with van der Waals surface area (Å²) in [6, 6.07) is 2.26. The molecule has 0 saturated carbocycles. The Morgan fingerprint density at radius 3 is 2.89 bits per heavy atom. The van der Waals surface area contributed by atoms with Gasteiger partial charge in [0.05, 0.1) is 5.56 Å².